The van der Waals surface area contributed by atoms with Gasteiger partial charge in [-0.25, -0.2) is 13.2 Å². The molecule has 0 aromatic heterocycles. The quantitative estimate of drug-likeness (QED) is 0.777. The van der Waals surface area contributed by atoms with Crippen molar-refractivity contribution >= 4 is 38.2 Å². The molecule has 0 bridgehead atoms. The first-order valence-corrected chi connectivity index (χ1v) is 9.30. The zero-order valence-electron chi connectivity index (χ0n) is 13.9. The van der Waals surface area contributed by atoms with Gasteiger partial charge in [-0.15, -0.1) is 0 Å². The number of hydrogen-bond acceptors (Lipinski definition) is 5. The Balaban J connectivity index is 2.29. The van der Waals surface area contributed by atoms with Crippen LogP contribution in [0.2, 0.25) is 0 Å². The molecule has 2 rings (SSSR count). The second-order valence-electron chi connectivity index (χ2n) is 5.74. The number of hydrogen-bond donors (Lipinski definition) is 2. The van der Waals surface area contributed by atoms with Gasteiger partial charge >= 0.3 is 5.97 Å². The Hall–Kier alpha value is -2.61. The van der Waals surface area contributed by atoms with Crippen molar-refractivity contribution in [1.29, 1.82) is 0 Å². The van der Waals surface area contributed by atoms with Crippen LogP contribution in [0.1, 0.15) is 13.8 Å². The number of ether oxygens (including phenoxy) is 1. The number of carbonyl (C=O) groups is 2. The highest BCUT2D eigenvalue weighted by Gasteiger charge is 2.21. The third-order valence-corrected chi connectivity index (χ3v) is 5.66. The van der Waals surface area contributed by atoms with Crippen LogP contribution in [0.5, 0.6) is 5.75 Å². The monoisotopic (exact) mass is 365 g/mol. The minimum Gasteiger partial charge on any atom is -0.481 e. The second kappa shape index (κ2) is 7.52. The maximum atomic E-state index is 12.1. The number of amides is 1. The van der Waals surface area contributed by atoms with E-state index in [4.69, 9.17) is 9.84 Å². The van der Waals surface area contributed by atoms with E-state index in [2.05, 4.69) is 5.32 Å². The summed E-state index contributed by atoms with van der Waals surface area (Å²) in [4.78, 5) is 22.7. The van der Waals surface area contributed by atoms with Crippen LogP contribution < -0.4 is 10.1 Å². The lowest BCUT2D eigenvalue weighted by atomic mass is 10.1. The van der Waals surface area contributed by atoms with Crippen LogP contribution in [0, 0.1) is 0 Å². The van der Waals surface area contributed by atoms with Crippen LogP contribution in [0.25, 0.3) is 10.8 Å². The van der Waals surface area contributed by atoms with Crippen molar-refractivity contribution in [2.75, 3.05) is 17.7 Å². The first kappa shape index (κ1) is 18.7. The normalized spacial score (nSPS) is 11.5. The summed E-state index contributed by atoms with van der Waals surface area (Å²) in [6.07, 6.45) is 0. The lowest BCUT2D eigenvalue weighted by molar-refractivity contribution is -0.139. The molecule has 0 saturated carbocycles. The number of benzene rings is 2. The fraction of sp³-hybridized carbons (Fsp3) is 0.294. The highest BCUT2D eigenvalue weighted by Crippen LogP contribution is 2.31. The highest BCUT2D eigenvalue weighted by molar-refractivity contribution is 7.92. The van der Waals surface area contributed by atoms with Crippen LogP contribution in [0.4, 0.5) is 5.69 Å². The number of aliphatic carboxylic acids is 1. The molecule has 2 N–H and O–H groups in total. The molecule has 2 aromatic rings. The minimum absolute atomic E-state index is 0.366. The predicted molar refractivity (Wildman–Crippen MR) is 94.6 cm³/mol. The van der Waals surface area contributed by atoms with Crippen molar-refractivity contribution < 1.29 is 27.9 Å². The fourth-order valence-electron chi connectivity index (χ4n) is 2.18. The van der Waals surface area contributed by atoms with Crippen molar-refractivity contribution in [3.63, 3.8) is 0 Å². The van der Waals surface area contributed by atoms with Crippen LogP contribution in [0.3, 0.4) is 0 Å². The Labute approximate surface area is 145 Å². The van der Waals surface area contributed by atoms with E-state index in [1.807, 2.05) is 0 Å². The Morgan fingerprint density at radius 2 is 1.76 bits per heavy atom. The Bertz CT molecular complexity index is 904. The molecule has 0 heterocycles. The molecule has 0 unspecified atom stereocenters. The van der Waals surface area contributed by atoms with E-state index in [1.54, 1.807) is 30.3 Å². The average molecular weight is 365 g/mol. The van der Waals surface area contributed by atoms with Crippen molar-refractivity contribution in [3.8, 4) is 5.75 Å². The zero-order chi connectivity index (χ0) is 18.6. The van der Waals surface area contributed by atoms with Gasteiger partial charge in [-0.05, 0) is 26.0 Å². The van der Waals surface area contributed by atoms with Gasteiger partial charge in [0.1, 0.15) is 11.5 Å². The molecular formula is C17H19NO6S. The molecule has 0 aliphatic rings. The van der Waals surface area contributed by atoms with Crippen LogP contribution in [0.15, 0.2) is 36.4 Å². The molecule has 2 aromatic carbocycles. The summed E-state index contributed by atoms with van der Waals surface area (Å²) >= 11 is 0. The van der Waals surface area contributed by atoms with Gasteiger partial charge in [-0.1, -0.05) is 24.3 Å². The Kier molecular flexibility index (Phi) is 5.63. The molecule has 0 saturated heterocycles. The molecule has 0 spiro atoms. The van der Waals surface area contributed by atoms with E-state index in [0.29, 0.717) is 22.2 Å². The molecule has 0 aliphatic heterocycles. The summed E-state index contributed by atoms with van der Waals surface area (Å²) in [6.45, 7) is 2.56. The smallest absolute Gasteiger partial charge is 0.341 e. The second-order valence-corrected chi connectivity index (χ2v) is 8.30. The molecule has 1 amide bonds. The van der Waals surface area contributed by atoms with E-state index >= 15 is 0 Å². The number of anilines is 1. The number of rotatable bonds is 7. The van der Waals surface area contributed by atoms with Gasteiger partial charge in [0.25, 0.3) is 0 Å². The number of carboxylic acid groups (broad SMARTS) is 1. The molecule has 0 radical (unpaired) electrons. The largest absolute Gasteiger partial charge is 0.481 e. The van der Waals surface area contributed by atoms with Gasteiger partial charge in [0.2, 0.25) is 5.91 Å². The van der Waals surface area contributed by atoms with E-state index < -0.39 is 39.3 Å². The summed E-state index contributed by atoms with van der Waals surface area (Å²) in [5.41, 5.74) is 0.433. The topological polar surface area (TPSA) is 110 Å². The Morgan fingerprint density at radius 3 is 2.36 bits per heavy atom. The molecule has 0 atom stereocenters. The molecular weight excluding hydrogens is 346 g/mol. The average Bonchev–Trinajstić information content (AvgIpc) is 2.53. The van der Waals surface area contributed by atoms with Crippen LogP contribution >= 0.6 is 0 Å². The fourth-order valence-corrected chi connectivity index (χ4v) is 2.95. The van der Waals surface area contributed by atoms with Crippen molar-refractivity contribution in [2.45, 2.75) is 19.1 Å². The standard InChI is InChI=1S/C17H19NO6S/c1-11(2)25(22,23)10-16(19)18-14-7-8-15(24-9-17(20)21)13-6-4-3-5-12(13)14/h3-8,11H,9-10H2,1-2H3,(H,18,19)(H,20,21). The van der Waals surface area contributed by atoms with E-state index in [1.165, 1.54) is 19.9 Å². The summed E-state index contributed by atoms with van der Waals surface area (Å²) in [6, 6.07) is 10.1. The molecule has 134 valence electrons. The van der Waals surface area contributed by atoms with Crippen molar-refractivity contribution in [1.82, 2.24) is 0 Å². The van der Waals surface area contributed by atoms with Crippen LogP contribution in [-0.4, -0.2) is 43.0 Å². The highest BCUT2D eigenvalue weighted by atomic mass is 32.2. The van der Waals surface area contributed by atoms with Crippen molar-refractivity contribution in [2.24, 2.45) is 0 Å². The number of sulfone groups is 1. The predicted octanol–water partition coefficient (Wildman–Crippen LogP) is 2.06. The van der Waals surface area contributed by atoms with Gasteiger partial charge < -0.3 is 15.2 Å². The SMILES string of the molecule is CC(C)S(=O)(=O)CC(=O)Nc1ccc(OCC(=O)O)c2ccccc12. The third-order valence-electron chi connectivity index (χ3n) is 3.56. The molecule has 0 fully saturated rings. The summed E-state index contributed by atoms with van der Waals surface area (Å²) < 4.78 is 29.0. The minimum atomic E-state index is -3.50. The maximum Gasteiger partial charge on any atom is 0.341 e. The molecule has 8 heteroatoms. The number of carbonyl (C=O) groups excluding carboxylic acids is 1. The maximum absolute atomic E-state index is 12.1. The first-order valence-electron chi connectivity index (χ1n) is 7.58. The summed E-state index contributed by atoms with van der Waals surface area (Å²) in [5, 5.41) is 11.9. The molecule has 7 nitrogen and oxygen atoms in total. The zero-order valence-corrected chi connectivity index (χ0v) is 14.7. The van der Waals surface area contributed by atoms with Gasteiger partial charge in [-0.2, -0.15) is 0 Å². The van der Waals surface area contributed by atoms with Gasteiger partial charge in [0.05, 0.1) is 5.25 Å². The van der Waals surface area contributed by atoms with Crippen molar-refractivity contribution in [3.05, 3.63) is 36.4 Å². The van der Waals surface area contributed by atoms with E-state index in [0.717, 1.165) is 0 Å². The summed E-state index contributed by atoms with van der Waals surface area (Å²) in [5.74, 6) is -1.96. The molecule has 0 aliphatic carbocycles. The number of carboxylic acids is 1. The van der Waals surface area contributed by atoms with Crippen LogP contribution in [-0.2, 0) is 19.4 Å². The first-order chi connectivity index (χ1) is 11.7. The molecule has 25 heavy (non-hydrogen) atoms. The number of fused-ring (bicyclic) bond motifs is 1. The lowest BCUT2D eigenvalue weighted by Gasteiger charge is -2.13. The van der Waals surface area contributed by atoms with E-state index in [9.17, 15) is 18.0 Å². The lowest BCUT2D eigenvalue weighted by Crippen LogP contribution is -2.27. The van der Waals surface area contributed by atoms with Gasteiger partial charge in [-0.3, -0.25) is 4.79 Å². The Morgan fingerprint density at radius 1 is 1.12 bits per heavy atom. The number of nitrogens with one attached hydrogen (secondary N) is 1. The summed E-state index contributed by atoms with van der Waals surface area (Å²) in [7, 11) is -3.50. The van der Waals surface area contributed by atoms with E-state index in [-0.39, 0.29) is 0 Å². The van der Waals surface area contributed by atoms with Gasteiger partial charge in [0.15, 0.2) is 16.4 Å². The third kappa shape index (κ3) is 4.69. The van der Waals surface area contributed by atoms with Gasteiger partial charge in [0, 0.05) is 16.5 Å².